The van der Waals surface area contributed by atoms with Crippen LogP contribution in [-0.4, -0.2) is 22.9 Å². The molecule has 0 saturated heterocycles. The fourth-order valence-corrected chi connectivity index (χ4v) is 3.19. The van der Waals surface area contributed by atoms with E-state index >= 15 is 0 Å². The predicted octanol–water partition coefficient (Wildman–Crippen LogP) is 2.80. The van der Waals surface area contributed by atoms with Crippen LogP contribution in [0.15, 0.2) is 34.6 Å². The minimum absolute atomic E-state index is 0.0719. The zero-order valence-corrected chi connectivity index (χ0v) is 13.0. The molecule has 1 amide bonds. The van der Waals surface area contributed by atoms with E-state index in [1.807, 2.05) is 19.1 Å². The van der Waals surface area contributed by atoms with E-state index in [1.165, 1.54) is 11.8 Å². The third kappa shape index (κ3) is 2.74. The van der Waals surface area contributed by atoms with E-state index in [1.54, 1.807) is 19.4 Å². The van der Waals surface area contributed by atoms with E-state index in [0.717, 1.165) is 21.7 Å². The SMILES string of the molecule is CNC1C(=O)Nc2cc(Sc3ncc(C)cn3)c(Cl)cc21. The average molecular weight is 321 g/mol. The molecule has 21 heavy (non-hydrogen) atoms. The number of carbonyl (C=O) groups excluding carboxylic acids is 1. The molecule has 5 nitrogen and oxygen atoms in total. The molecule has 1 aromatic heterocycles. The molecule has 1 aliphatic heterocycles. The summed E-state index contributed by atoms with van der Waals surface area (Å²) >= 11 is 7.69. The maximum absolute atomic E-state index is 11.8. The average Bonchev–Trinajstić information content (AvgIpc) is 2.76. The van der Waals surface area contributed by atoms with Crippen LogP contribution in [0.2, 0.25) is 5.02 Å². The quantitative estimate of drug-likeness (QED) is 0.851. The number of nitrogens with zero attached hydrogens (tertiary/aromatic N) is 2. The lowest BCUT2D eigenvalue weighted by Crippen LogP contribution is -2.23. The van der Waals surface area contributed by atoms with Crippen molar-refractivity contribution in [3.05, 3.63) is 40.7 Å². The number of benzene rings is 1. The Balaban J connectivity index is 1.93. The van der Waals surface area contributed by atoms with Gasteiger partial charge >= 0.3 is 0 Å². The van der Waals surface area contributed by atoms with Crippen molar-refractivity contribution < 1.29 is 4.79 Å². The first kappa shape index (κ1) is 14.3. The number of anilines is 1. The molecule has 0 aliphatic carbocycles. The first-order valence-electron chi connectivity index (χ1n) is 6.36. The molecule has 0 bridgehead atoms. The Bertz CT molecular complexity index is 705. The van der Waals surface area contributed by atoms with Gasteiger partial charge in [-0.2, -0.15) is 0 Å². The summed E-state index contributed by atoms with van der Waals surface area (Å²) in [6.45, 7) is 1.93. The summed E-state index contributed by atoms with van der Waals surface area (Å²) in [6.07, 6.45) is 3.52. The largest absolute Gasteiger partial charge is 0.324 e. The number of fused-ring (bicyclic) bond motifs is 1. The Hall–Kier alpha value is -1.63. The lowest BCUT2D eigenvalue weighted by molar-refractivity contribution is -0.117. The molecule has 1 atom stereocenters. The molecule has 0 radical (unpaired) electrons. The molecular formula is C14H13ClN4OS. The predicted molar refractivity (Wildman–Crippen MR) is 82.8 cm³/mol. The van der Waals surface area contributed by atoms with Gasteiger partial charge in [-0.05, 0) is 43.4 Å². The van der Waals surface area contributed by atoms with Gasteiger partial charge in [0.05, 0.1) is 5.02 Å². The van der Waals surface area contributed by atoms with Gasteiger partial charge in [-0.3, -0.25) is 4.79 Å². The van der Waals surface area contributed by atoms with Crippen molar-refractivity contribution in [3.63, 3.8) is 0 Å². The second-order valence-electron chi connectivity index (χ2n) is 4.73. The second-order valence-corrected chi connectivity index (χ2v) is 6.14. The first-order chi connectivity index (χ1) is 10.1. The zero-order valence-electron chi connectivity index (χ0n) is 11.5. The van der Waals surface area contributed by atoms with Crippen LogP contribution in [0, 0.1) is 6.92 Å². The van der Waals surface area contributed by atoms with Gasteiger partial charge in [0, 0.05) is 28.5 Å². The van der Waals surface area contributed by atoms with Crippen LogP contribution in [0.25, 0.3) is 0 Å². The minimum Gasteiger partial charge on any atom is -0.324 e. The van der Waals surface area contributed by atoms with E-state index in [0.29, 0.717) is 10.2 Å². The van der Waals surface area contributed by atoms with Gasteiger partial charge in [0.25, 0.3) is 0 Å². The molecule has 1 unspecified atom stereocenters. The Morgan fingerprint density at radius 2 is 2.05 bits per heavy atom. The van der Waals surface area contributed by atoms with Crippen molar-refractivity contribution >= 4 is 35.0 Å². The Morgan fingerprint density at radius 1 is 1.33 bits per heavy atom. The molecule has 0 spiro atoms. The van der Waals surface area contributed by atoms with E-state index < -0.39 is 0 Å². The van der Waals surface area contributed by atoms with E-state index in [2.05, 4.69) is 20.6 Å². The van der Waals surface area contributed by atoms with Gasteiger partial charge in [0.15, 0.2) is 5.16 Å². The van der Waals surface area contributed by atoms with Gasteiger partial charge in [-0.25, -0.2) is 9.97 Å². The number of hydrogen-bond acceptors (Lipinski definition) is 5. The van der Waals surface area contributed by atoms with Crippen LogP contribution < -0.4 is 10.6 Å². The molecule has 2 aromatic rings. The highest BCUT2D eigenvalue weighted by atomic mass is 35.5. The number of rotatable bonds is 3. The van der Waals surface area contributed by atoms with Gasteiger partial charge in [-0.1, -0.05) is 11.6 Å². The van der Waals surface area contributed by atoms with Crippen molar-refractivity contribution in [2.75, 3.05) is 12.4 Å². The molecular weight excluding hydrogens is 308 g/mol. The number of hydrogen-bond donors (Lipinski definition) is 2. The molecule has 0 saturated carbocycles. The molecule has 0 fully saturated rings. The number of halogens is 1. The molecule has 1 aliphatic rings. The fourth-order valence-electron chi connectivity index (χ4n) is 2.16. The Labute approximate surface area is 131 Å². The van der Waals surface area contributed by atoms with Crippen LogP contribution in [0.5, 0.6) is 0 Å². The normalized spacial score (nSPS) is 16.7. The molecule has 3 rings (SSSR count). The summed E-state index contributed by atoms with van der Waals surface area (Å²) in [5, 5.41) is 7.02. The van der Waals surface area contributed by atoms with Crippen LogP contribution in [-0.2, 0) is 4.79 Å². The Kier molecular flexibility index (Phi) is 3.84. The highest BCUT2D eigenvalue weighted by Gasteiger charge is 2.30. The number of nitrogens with one attached hydrogen (secondary N) is 2. The van der Waals surface area contributed by atoms with Gasteiger partial charge in [0.1, 0.15) is 6.04 Å². The van der Waals surface area contributed by atoms with Gasteiger partial charge in [-0.15, -0.1) is 0 Å². The smallest absolute Gasteiger partial charge is 0.246 e. The highest BCUT2D eigenvalue weighted by molar-refractivity contribution is 7.99. The van der Waals surface area contributed by atoms with Gasteiger partial charge in [0.2, 0.25) is 5.91 Å². The van der Waals surface area contributed by atoms with E-state index in [-0.39, 0.29) is 11.9 Å². The van der Waals surface area contributed by atoms with Crippen molar-refractivity contribution in [2.45, 2.75) is 23.0 Å². The van der Waals surface area contributed by atoms with Crippen LogP contribution >= 0.6 is 23.4 Å². The molecule has 108 valence electrons. The summed E-state index contributed by atoms with van der Waals surface area (Å²) in [4.78, 5) is 21.1. The summed E-state index contributed by atoms with van der Waals surface area (Å²) in [6, 6.07) is 3.32. The lowest BCUT2D eigenvalue weighted by atomic mass is 10.1. The van der Waals surface area contributed by atoms with E-state index in [4.69, 9.17) is 11.6 Å². The molecule has 1 aromatic carbocycles. The van der Waals surface area contributed by atoms with Crippen molar-refractivity contribution in [2.24, 2.45) is 0 Å². The number of amides is 1. The third-order valence-corrected chi connectivity index (χ3v) is 4.56. The maximum atomic E-state index is 11.8. The lowest BCUT2D eigenvalue weighted by Gasteiger charge is -2.09. The van der Waals surface area contributed by atoms with E-state index in [9.17, 15) is 4.79 Å². The number of aryl methyl sites for hydroxylation is 1. The zero-order chi connectivity index (χ0) is 15.0. The summed E-state index contributed by atoms with van der Waals surface area (Å²) in [5.41, 5.74) is 2.64. The van der Waals surface area contributed by atoms with Crippen LogP contribution in [0.1, 0.15) is 17.2 Å². The third-order valence-electron chi connectivity index (χ3n) is 3.18. The Morgan fingerprint density at radius 3 is 2.71 bits per heavy atom. The van der Waals surface area contributed by atoms with Crippen LogP contribution in [0.4, 0.5) is 5.69 Å². The standard InChI is InChI=1S/C14H13ClN4OS/c1-7-5-17-14(18-6-7)21-11-4-10-8(3-9(11)15)12(16-2)13(20)19-10/h3-6,12,16H,1-2H3,(H,19,20). The summed E-state index contributed by atoms with van der Waals surface area (Å²) in [5.74, 6) is -0.0719. The highest BCUT2D eigenvalue weighted by Crippen LogP contribution is 2.40. The first-order valence-corrected chi connectivity index (χ1v) is 7.56. The molecule has 2 heterocycles. The van der Waals surface area contributed by atoms with Crippen molar-refractivity contribution in [1.82, 2.24) is 15.3 Å². The van der Waals surface area contributed by atoms with Crippen LogP contribution in [0.3, 0.4) is 0 Å². The topological polar surface area (TPSA) is 66.9 Å². The fraction of sp³-hybridized carbons (Fsp3) is 0.214. The molecule has 2 N–H and O–H groups in total. The second kappa shape index (κ2) is 5.63. The number of likely N-dealkylation sites (N-methyl/N-ethyl adjacent to an activating group) is 1. The summed E-state index contributed by atoms with van der Waals surface area (Å²) < 4.78 is 0. The molecule has 7 heteroatoms. The van der Waals surface area contributed by atoms with Crippen molar-refractivity contribution in [1.29, 1.82) is 0 Å². The number of carbonyl (C=O) groups is 1. The minimum atomic E-state index is -0.354. The number of aromatic nitrogens is 2. The van der Waals surface area contributed by atoms with Gasteiger partial charge < -0.3 is 10.6 Å². The van der Waals surface area contributed by atoms with Crippen molar-refractivity contribution in [3.8, 4) is 0 Å². The monoisotopic (exact) mass is 320 g/mol. The summed E-state index contributed by atoms with van der Waals surface area (Å²) in [7, 11) is 1.75. The maximum Gasteiger partial charge on any atom is 0.246 e.